The van der Waals surface area contributed by atoms with Crippen LogP contribution in [0.1, 0.15) is 0 Å². The molecule has 0 aliphatic heterocycles. The molecule has 0 aliphatic carbocycles. The second-order valence-electron chi connectivity index (χ2n) is 33.0. The molecule has 22 aromatic carbocycles. The quantitative estimate of drug-likeness (QED) is 0.122. The van der Waals surface area contributed by atoms with E-state index in [1.54, 1.807) is 0 Å². The second-order valence-corrected chi connectivity index (χ2v) is 33.0. The average molecular weight is 1570 g/mol. The van der Waals surface area contributed by atoms with Gasteiger partial charge in [-0.05, 0) is 265 Å². The Hall–Kier alpha value is -16.4. The first kappa shape index (κ1) is 70.6. The molecule has 0 bridgehead atoms. The van der Waals surface area contributed by atoms with E-state index in [0.29, 0.717) is 0 Å². The van der Waals surface area contributed by atoms with Crippen molar-refractivity contribution in [2.45, 2.75) is 0 Å². The van der Waals surface area contributed by atoms with E-state index in [1.807, 2.05) is 0 Å². The Morgan fingerprint density at radius 2 is 0.371 bits per heavy atom. The van der Waals surface area contributed by atoms with Gasteiger partial charge in [-0.3, -0.25) is 0 Å². The molecule has 0 radical (unpaired) electrons. The summed E-state index contributed by atoms with van der Waals surface area (Å²) in [6.07, 6.45) is 0. The molecule has 0 atom stereocenters. The molecule has 0 unspecified atom stereocenters. The van der Waals surface area contributed by atoms with Gasteiger partial charge in [0.15, 0.2) is 0 Å². The van der Waals surface area contributed by atoms with E-state index in [0.717, 1.165) is 22.7 Å². The Labute approximate surface area is 715 Å². The number of rotatable bonds is 10. The maximum Gasteiger partial charge on any atom is 0.0541 e. The highest BCUT2D eigenvalue weighted by Crippen LogP contribution is 2.45. The van der Waals surface area contributed by atoms with Gasteiger partial charge in [0.1, 0.15) is 0 Å². The summed E-state index contributed by atoms with van der Waals surface area (Å²) in [6.45, 7) is 0. The van der Waals surface area contributed by atoms with E-state index >= 15 is 0 Å². The summed E-state index contributed by atoms with van der Waals surface area (Å²) in [4.78, 5) is 0. The minimum absolute atomic E-state index is 1.15. The third-order valence-electron chi connectivity index (χ3n) is 26.2. The summed E-state index contributed by atoms with van der Waals surface area (Å²) in [7, 11) is 0. The first-order valence-electron chi connectivity index (χ1n) is 42.8. The summed E-state index contributed by atoms with van der Waals surface area (Å²) >= 11 is 0. The van der Waals surface area contributed by atoms with Gasteiger partial charge in [0.2, 0.25) is 0 Å². The van der Waals surface area contributed by atoms with Crippen LogP contribution in [0.5, 0.6) is 0 Å². The Bertz CT molecular complexity index is 8820. The summed E-state index contributed by atoms with van der Waals surface area (Å²) in [5.41, 5.74) is 28.8. The van der Waals surface area contributed by atoms with E-state index in [2.05, 4.69) is 479 Å². The number of benzene rings is 22. The van der Waals surface area contributed by atoms with Crippen molar-refractivity contribution in [3.05, 3.63) is 461 Å². The maximum atomic E-state index is 2.43. The minimum Gasteiger partial charge on any atom is -0.309 e. The Balaban J connectivity index is 0.000000136. The van der Waals surface area contributed by atoms with Crippen LogP contribution in [0.25, 0.3) is 241 Å². The molecule has 0 spiro atoms. The van der Waals surface area contributed by atoms with Crippen molar-refractivity contribution in [1.29, 1.82) is 0 Å². The predicted octanol–water partition coefficient (Wildman–Crippen LogP) is 32.7. The lowest BCUT2D eigenvalue weighted by Gasteiger charge is -2.14. The SMILES string of the molecule is c1ccc(-c2ccc(-n3c4ccccc4c4cc(-c5ccc6c(c5)c5ccccc5n6-c5ccc(-c6cc7c8ccccc8ccc7c7ccccc67)cc5)ccc43)cc2)cc1.c1ccc(-c2ccc(-n3c4ccccc4c4cc(-c5ccc6c(c5)c5ccccc5n6-c5cccc(-c6ccc7c(ccc8c9ccccc9ccc78)c6)c5)ccc43)cc2)cc1. The van der Waals surface area contributed by atoms with Crippen LogP contribution in [-0.4, -0.2) is 18.3 Å². The van der Waals surface area contributed by atoms with Gasteiger partial charge in [0.25, 0.3) is 0 Å². The molecule has 26 rings (SSSR count). The number of nitrogens with zero attached hydrogens (tertiary/aromatic N) is 4. The van der Waals surface area contributed by atoms with Crippen molar-refractivity contribution in [2.75, 3.05) is 0 Å². The van der Waals surface area contributed by atoms with Crippen LogP contribution in [0, 0.1) is 0 Å². The van der Waals surface area contributed by atoms with Gasteiger partial charge < -0.3 is 18.3 Å². The third-order valence-corrected chi connectivity index (χ3v) is 26.2. The van der Waals surface area contributed by atoms with Gasteiger partial charge >= 0.3 is 0 Å². The minimum atomic E-state index is 1.15. The fourth-order valence-corrected chi connectivity index (χ4v) is 20.3. The third kappa shape index (κ3) is 11.5. The van der Waals surface area contributed by atoms with Crippen LogP contribution in [0.2, 0.25) is 0 Å². The molecule has 0 fully saturated rings. The smallest absolute Gasteiger partial charge is 0.0541 e. The highest BCUT2D eigenvalue weighted by Gasteiger charge is 2.22. The normalized spacial score (nSPS) is 11.9. The van der Waals surface area contributed by atoms with Crippen molar-refractivity contribution in [3.63, 3.8) is 0 Å². The Morgan fingerprint density at radius 3 is 0.806 bits per heavy atom. The average Bonchev–Trinajstić information content (AvgIpc) is 1.47. The van der Waals surface area contributed by atoms with E-state index in [4.69, 9.17) is 0 Å². The number of fused-ring (bicyclic) bond motifs is 22. The van der Waals surface area contributed by atoms with Gasteiger partial charge in [0, 0.05) is 65.8 Å². The van der Waals surface area contributed by atoms with Crippen molar-refractivity contribution < 1.29 is 0 Å². The zero-order chi connectivity index (χ0) is 81.5. The molecule has 0 saturated carbocycles. The van der Waals surface area contributed by atoms with E-state index in [1.165, 1.54) is 219 Å². The number of aromatic nitrogens is 4. The van der Waals surface area contributed by atoms with E-state index < -0.39 is 0 Å². The zero-order valence-corrected chi connectivity index (χ0v) is 67.7. The van der Waals surface area contributed by atoms with Crippen molar-refractivity contribution in [3.8, 4) is 89.5 Å². The van der Waals surface area contributed by atoms with Gasteiger partial charge in [-0.25, -0.2) is 0 Å². The summed E-state index contributed by atoms with van der Waals surface area (Å²) in [5.74, 6) is 0. The highest BCUT2D eigenvalue weighted by atomic mass is 15.0. The molecule has 0 saturated heterocycles. The predicted molar refractivity (Wildman–Crippen MR) is 528 cm³/mol. The van der Waals surface area contributed by atoms with Gasteiger partial charge in [0.05, 0.1) is 44.1 Å². The van der Waals surface area contributed by atoms with Crippen LogP contribution in [-0.2, 0) is 0 Å². The molecule has 4 nitrogen and oxygen atoms in total. The number of para-hydroxylation sites is 4. The fraction of sp³-hybridized carbons (Fsp3) is 0. The lowest BCUT2D eigenvalue weighted by molar-refractivity contribution is 1.18. The second kappa shape index (κ2) is 28.7. The molecule has 0 aliphatic rings. The Kier molecular flexibility index (Phi) is 16.3. The summed E-state index contributed by atoms with van der Waals surface area (Å²) < 4.78 is 9.65. The van der Waals surface area contributed by atoms with Crippen molar-refractivity contribution in [2.24, 2.45) is 0 Å². The molecule has 0 amide bonds. The van der Waals surface area contributed by atoms with Crippen LogP contribution >= 0.6 is 0 Å². The molecule has 4 heteroatoms. The molecule has 0 N–H and O–H groups in total. The van der Waals surface area contributed by atoms with E-state index in [9.17, 15) is 0 Å². The lowest BCUT2D eigenvalue weighted by Crippen LogP contribution is -1.94. The summed E-state index contributed by atoms with van der Waals surface area (Å²) in [5, 5.41) is 25.4. The molecule has 576 valence electrons. The zero-order valence-electron chi connectivity index (χ0n) is 67.7. The van der Waals surface area contributed by atoms with Crippen LogP contribution in [0.15, 0.2) is 461 Å². The van der Waals surface area contributed by atoms with Crippen LogP contribution < -0.4 is 0 Å². The fourth-order valence-electron chi connectivity index (χ4n) is 20.3. The standard InChI is InChI=1S/2C60H38N2/c1-2-11-39(12-3-1)40-21-28-47(29-22-40)61-57-19-8-6-17-53(57)55-37-44(26-33-59(55)61)45-27-34-60-56(38-45)54-18-7-9-20-58(54)62(60)48-15-10-14-42(36-48)43-24-30-50-46(35-43)25-32-51-49-16-5-4-13-41(49)23-31-52(50)51;1-2-12-39(13-3-1)40-22-29-45(30-23-40)61-57-20-10-8-18-51(57)55-36-43(27-34-59(55)61)44-28-35-60-56(37-44)52-19-9-11-21-58(52)62(60)46-31-24-42(25-32-46)53-38-54-47-15-5-4-14-41(47)26-33-50(54)48-16-6-7-17-49(48)53/h2*1-38H. The summed E-state index contributed by atoms with van der Waals surface area (Å²) in [6, 6.07) is 169. The van der Waals surface area contributed by atoms with Crippen molar-refractivity contribution >= 4 is 152 Å². The van der Waals surface area contributed by atoms with Crippen molar-refractivity contribution in [1.82, 2.24) is 18.3 Å². The highest BCUT2D eigenvalue weighted by molar-refractivity contribution is 6.23. The van der Waals surface area contributed by atoms with Gasteiger partial charge in [-0.1, -0.05) is 328 Å². The first-order chi connectivity index (χ1) is 61.5. The van der Waals surface area contributed by atoms with Crippen LogP contribution in [0.4, 0.5) is 0 Å². The van der Waals surface area contributed by atoms with Crippen LogP contribution in [0.3, 0.4) is 0 Å². The molecule has 4 aromatic heterocycles. The first-order valence-corrected chi connectivity index (χ1v) is 42.8. The maximum absolute atomic E-state index is 2.43. The molecular weight excluding hydrogens is 1500 g/mol. The van der Waals surface area contributed by atoms with Gasteiger partial charge in [-0.2, -0.15) is 0 Å². The van der Waals surface area contributed by atoms with Gasteiger partial charge in [-0.15, -0.1) is 0 Å². The monoisotopic (exact) mass is 1570 g/mol. The Morgan fingerprint density at radius 1 is 0.105 bits per heavy atom. The number of hydrogen-bond donors (Lipinski definition) is 0. The molecule has 124 heavy (non-hydrogen) atoms. The largest absolute Gasteiger partial charge is 0.309 e. The molecular formula is C120H76N4. The molecule has 26 aromatic rings. The number of hydrogen-bond acceptors (Lipinski definition) is 0. The topological polar surface area (TPSA) is 19.7 Å². The van der Waals surface area contributed by atoms with E-state index in [-0.39, 0.29) is 0 Å². The molecule has 4 heterocycles. The lowest BCUT2D eigenvalue weighted by atomic mass is 9.91.